The van der Waals surface area contributed by atoms with Crippen molar-refractivity contribution in [2.45, 2.75) is 45.1 Å². The summed E-state index contributed by atoms with van der Waals surface area (Å²) in [6, 6.07) is 9.20. The molecule has 4 nitrogen and oxygen atoms in total. The molecule has 0 atom stereocenters. The zero-order chi connectivity index (χ0) is 21.2. The maximum atomic E-state index is 13.0. The Hall–Kier alpha value is -1.64. The van der Waals surface area contributed by atoms with Crippen molar-refractivity contribution in [3.05, 3.63) is 47.2 Å². The van der Waals surface area contributed by atoms with Crippen LogP contribution in [-0.4, -0.2) is 31.4 Å². The van der Waals surface area contributed by atoms with Gasteiger partial charge in [-0.05, 0) is 30.3 Å². The third-order valence-corrected chi connectivity index (χ3v) is 9.75. The lowest BCUT2D eigenvalue weighted by Gasteiger charge is -2.36. The van der Waals surface area contributed by atoms with Gasteiger partial charge in [0.15, 0.2) is 8.32 Å². The molecular formula is C19H25ClF3N3OSi. The molecule has 0 saturated heterocycles. The van der Waals surface area contributed by atoms with Gasteiger partial charge < -0.3 is 9.33 Å². The summed E-state index contributed by atoms with van der Waals surface area (Å²) >= 11 is 5.79. The zero-order valence-electron chi connectivity index (χ0n) is 16.6. The molecule has 2 rings (SSSR count). The predicted molar refractivity (Wildman–Crippen MR) is 109 cm³/mol. The van der Waals surface area contributed by atoms with Crippen LogP contribution in [0.4, 0.5) is 24.8 Å². The fraction of sp³-hybridized carbons (Fsp3) is 0.474. The molecule has 0 saturated carbocycles. The van der Waals surface area contributed by atoms with E-state index in [1.54, 1.807) is 4.90 Å². The molecule has 0 aliphatic carbocycles. The molecule has 0 unspecified atom stereocenters. The Labute approximate surface area is 169 Å². The Morgan fingerprint density at radius 2 is 1.71 bits per heavy atom. The van der Waals surface area contributed by atoms with Crippen molar-refractivity contribution in [3.63, 3.8) is 0 Å². The summed E-state index contributed by atoms with van der Waals surface area (Å²) in [6.07, 6.45) is -3.88. The minimum atomic E-state index is -4.60. The summed E-state index contributed by atoms with van der Waals surface area (Å²) in [5, 5.41) is -0.567. The lowest BCUT2D eigenvalue weighted by Crippen LogP contribution is -2.42. The summed E-state index contributed by atoms with van der Waals surface area (Å²) in [4.78, 5) is 9.52. The number of para-hydroxylation sites is 1. The molecule has 0 aliphatic rings. The quantitative estimate of drug-likeness (QED) is 0.397. The average molecular weight is 432 g/mol. The second kappa shape index (κ2) is 8.38. The predicted octanol–water partition coefficient (Wildman–Crippen LogP) is 6.31. The maximum absolute atomic E-state index is 13.0. The number of hydrogen-bond acceptors (Lipinski definition) is 4. The molecule has 0 aliphatic heterocycles. The largest absolute Gasteiger partial charge is 0.420 e. The molecule has 1 aromatic carbocycles. The first-order valence-corrected chi connectivity index (χ1v) is 12.2. The van der Waals surface area contributed by atoms with Gasteiger partial charge >= 0.3 is 6.18 Å². The molecule has 0 fully saturated rings. The Morgan fingerprint density at radius 1 is 1.11 bits per heavy atom. The van der Waals surface area contributed by atoms with Crippen LogP contribution in [0.25, 0.3) is 0 Å². The smallest absolute Gasteiger partial charge is 0.415 e. The normalized spacial score (nSPS) is 12.9. The highest BCUT2D eigenvalue weighted by Gasteiger charge is 2.37. The van der Waals surface area contributed by atoms with Gasteiger partial charge in [-0.15, -0.1) is 0 Å². The fourth-order valence-corrected chi connectivity index (χ4v) is 3.50. The molecule has 9 heteroatoms. The summed E-state index contributed by atoms with van der Waals surface area (Å²) in [5.41, 5.74) is -0.305. The van der Waals surface area contributed by atoms with Crippen LogP contribution < -0.4 is 4.90 Å². The Morgan fingerprint density at radius 3 is 2.21 bits per heavy atom. The van der Waals surface area contributed by atoms with Crippen LogP contribution in [0.5, 0.6) is 0 Å². The van der Waals surface area contributed by atoms with Gasteiger partial charge in [0.25, 0.3) is 0 Å². The second-order valence-corrected chi connectivity index (χ2v) is 13.1. The molecule has 1 heterocycles. The van der Waals surface area contributed by atoms with E-state index in [-0.39, 0.29) is 11.0 Å². The minimum absolute atomic E-state index is 0.0543. The first-order valence-electron chi connectivity index (χ1n) is 8.89. The van der Waals surface area contributed by atoms with Crippen LogP contribution >= 0.6 is 11.6 Å². The van der Waals surface area contributed by atoms with E-state index in [9.17, 15) is 13.2 Å². The van der Waals surface area contributed by atoms with Crippen molar-refractivity contribution in [2.24, 2.45) is 0 Å². The van der Waals surface area contributed by atoms with E-state index in [0.29, 0.717) is 13.2 Å². The Kier molecular flexibility index (Phi) is 6.78. The summed E-state index contributed by atoms with van der Waals surface area (Å²) in [5.74, 6) is 0.100. The van der Waals surface area contributed by atoms with Crippen molar-refractivity contribution < 1.29 is 17.6 Å². The van der Waals surface area contributed by atoms with E-state index in [1.807, 2.05) is 30.3 Å². The van der Waals surface area contributed by atoms with Gasteiger partial charge in [-0.25, -0.2) is 9.97 Å². The van der Waals surface area contributed by atoms with Crippen LogP contribution in [0.3, 0.4) is 0 Å². The number of halogens is 4. The van der Waals surface area contributed by atoms with Crippen LogP contribution in [0, 0.1) is 0 Å². The van der Waals surface area contributed by atoms with E-state index < -0.39 is 25.2 Å². The highest BCUT2D eigenvalue weighted by Crippen LogP contribution is 2.37. The van der Waals surface area contributed by atoms with Gasteiger partial charge in [-0.3, -0.25) is 0 Å². The highest BCUT2D eigenvalue weighted by atomic mass is 35.5. The number of nitrogens with zero attached hydrogens (tertiary/aromatic N) is 3. The second-order valence-electron chi connectivity index (χ2n) is 7.97. The molecule has 28 heavy (non-hydrogen) atoms. The Bertz CT molecular complexity index is 795. The third kappa shape index (κ3) is 5.45. The molecule has 2 aromatic rings. The summed E-state index contributed by atoms with van der Waals surface area (Å²) in [7, 11) is -1.96. The minimum Gasteiger partial charge on any atom is -0.415 e. The zero-order valence-corrected chi connectivity index (χ0v) is 18.4. The van der Waals surface area contributed by atoms with E-state index in [2.05, 4.69) is 43.8 Å². The monoisotopic (exact) mass is 431 g/mol. The lowest BCUT2D eigenvalue weighted by atomic mass is 10.2. The SMILES string of the molecule is CC(C)(C)[Si](C)(C)OCCN(c1ccccc1)c1ncc(C(F)(F)F)c(Cl)n1. The van der Waals surface area contributed by atoms with E-state index in [1.165, 1.54) is 0 Å². The molecule has 0 spiro atoms. The molecule has 0 amide bonds. The third-order valence-electron chi connectivity index (χ3n) is 4.93. The topological polar surface area (TPSA) is 38.2 Å². The number of alkyl halides is 3. The van der Waals surface area contributed by atoms with Crippen molar-refractivity contribution in [1.29, 1.82) is 0 Å². The van der Waals surface area contributed by atoms with Crippen molar-refractivity contribution in [2.75, 3.05) is 18.1 Å². The van der Waals surface area contributed by atoms with Crippen LogP contribution in [0.15, 0.2) is 36.5 Å². The summed E-state index contributed by atoms with van der Waals surface area (Å²) in [6.45, 7) is 11.5. The van der Waals surface area contributed by atoms with Crippen LogP contribution in [0.1, 0.15) is 26.3 Å². The fourth-order valence-electron chi connectivity index (χ4n) is 2.23. The average Bonchev–Trinajstić information content (AvgIpc) is 2.57. The molecule has 0 N–H and O–H groups in total. The first-order chi connectivity index (χ1) is 12.8. The number of rotatable bonds is 6. The van der Waals surface area contributed by atoms with E-state index >= 15 is 0 Å². The summed E-state index contributed by atoms with van der Waals surface area (Å²) < 4.78 is 45.1. The van der Waals surface area contributed by atoms with Gasteiger partial charge in [-0.2, -0.15) is 13.2 Å². The first kappa shape index (κ1) is 22.6. The van der Waals surface area contributed by atoms with Crippen molar-refractivity contribution in [3.8, 4) is 0 Å². The molecule has 0 radical (unpaired) electrons. The van der Waals surface area contributed by atoms with Crippen molar-refractivity contribution in [1.82, 2.24) is 9.97 Å². The van der Waals surface area contributed by atoms with Gasteiger partial charge in [0, 0.05) is 18.4 Å². The molecule has 1 aromatic heterocycles. The highest BCUT2D eigenvalue weighted by molar-refractivity contribution is 6.74. The number of hydrogen-bond donors (Lipinski definition) is 0. The van der Waals surface area contributed by atoms with Crippen LogP contribution in [0.2, 0.25) is 23.3 Å². The molecule has 154 valence electrons. The Balaban J connectivity index is 2.28. The standard InChI is InChI=1S/C19H25ClF3N3OSi/c1-18(2,3)28(4,5)27-12-11-26(14-9-7-6-8-10-14)17-24-13-15(16(20)25-17)19(21,22)23/h6-10,13H,11-12H2,1-5H3. The number of benzene rings is 1. The van der Waals surface area contributed by atoms with E-state index in [0.717, 1.165) is 11.9 Å². The van der Waals surface area contributed by atoms with Gasteiger partial charge in [0.2, 0.25) is 5.95 Å². The van der Waals surface area contributed by atoms with Gasteiger partial charge in [0.05, 0.1) is 6.61 Å². The number of aromatic nitrogens is 2. The molecule has 0 bridgehead atoms. The lowest BCUT2D eigenvalue weighted by molar-refractivity contribution is -0.137. The van der Waals surface area contributed by atoms with Crippen LogP contribution in [-0.2, 0) is 10.6 Å². The van der Waals surface area contributed by atoms with Crippen molar-refractivity contribution >= 4 is 31.6 Å². The number of anilines is 2. The molecular weight excluding hydrogens is 407 g/mol. The van der Waals surface area contributed by atoms with Gasteiger partial charge in [0.1, 0.15) is 10.7 Å². The van der Waals surface area contributed by atoms with E-state index in [4.69, 9.17) is 16.0 Å². The van der Waals surface area contributed by atoms with Gasteiger partial charge in [-0.1, -0.05) is 50.6 Å². The maximum Gasteiger partial charge on any atom is 0.420 e.